The van der Waals surface area contributed by atoms with E-state index < -0.39 is 0 Å². The van der Waals surface area contributed by atoms with Gasteiger partial charge in [-0.2, -0.15) is 0 Å². The Bertz CT molecular complexity index is 878. The molecule has 0 radical (unpaired) electrons. The molecule has 0 saturated carbocycles. The third kappa shape index (κ3) is 4.61. The van der Waals surface area contributed by atoms with Crippen molar-refractivity contribution >= 4 is 23.2 Å². The topological polar surface area (TPSA) is 38.3 Å². The average molecular weight is 352 g/mol. The summed E-state index contributed by atoms with van der Waals surface area (Å²) in [4.78, 5) is 12.5. The maximum atomic E-state index is 12.5. The minimum Gasteiger partial charge on any atom is -0.489 e. The van der Waals surface area contributed by atoms with E-state index in [-0.39, 0.29) is 5.91 Å². The molecule has 0 aliphatic heterocycles. The van der Waals surface area contributed by atoms with Gasteiger partial charge < -0.3 is 10.1 Å². The number of amides is 1. The van der Waals surface area contributed by atoms with Crippen molar-refractivity contribution in [3.05, 3.63) is 94.5 Å². The molecule has 0 heterocycles. The molecule has 1 amide bonds. The van der Waals surface area contributed by atoms with E-state index in [0.717, 1.165) is 16.8 Å². The van der Waals surface area contributed by atoms with Gasteiger partial charge in [-0.25, -0.2) is 0 Å². The Labute approximate surface area is 152 Å². The predicted octanol–water partition coefficient (Wildman–Crippen LogP) is 5.48. The molecule has 0 fully saturated rings. The zero-order valence-corrected chi connectivity index (χ0v) is 14.6. The van der Waals surface area contributed by atoms with E-state index in [4.69, 9.17) is 16.3 Å². The van der Waals surface area contributed by atoms with Crippen molar-refractivity contribution in [3.8, 4) is 5.75 Å². The van der Waals surface area contributed by atoms with Gasteiger partial charge in [0.25, 0.3) is 5.91 Å². The summed E-state index contributed by atoms with van der Waals surface area (Å²) >= 11 is 5.95. The van der Waals surface area contributed by atoms with Crippen LogP contribution >= 0.6 is 11.6 Å². The fourth-order valence-electron chi connectivity index (χ4n) is 2.43. The van der Waals surface area contributed by atoms with Crippen LogP contribution in [-0.4, -0.2) is 5.91 Å². The smallest absolute Gasteiger partial charge is 0.255 e. The van der Waals surface area contributed by atoms with Crippen LogP contribution in [0.1, 0.15) is 21.5 Å². The summed E-state index contributed by atoms with van der Waals surface area (Å²) < 4.78 is 5.78. The molecule has 0 aliphatic rings. The first-order chi connectivity index (χ1) is 12.1. The predicted molar refractivity (Wildman–Crippen MR) is 101 cm³/mol. The Hall–Kier alpha value is -2.78. The molecule has 3 nitrogen and oxygen atoms in total. The van der Waals surface area contributed by atoms with Crippen molar-refractivity contribution in [1.82, 2.24) is 0 Å². The SMILES string of the molecule is Cc1cc(Cl)ccc1NC(=O)c1cccc(OCc2ccccc2)c1. The van der Waals surface area contributed by atoms with Crippen LogP contribution in [0.5, 0.6) is 5.75 Å². The van der Waals surface area contributed by atoms with Gasteiger partial charge in [-0.05, 0) is 54.4 Å². The van der Waals surface area contributed by atoms with Gasteiger partial charge in [-0.3, -0.25) is 4.79 Å². The standard InChI is InChI=1S/C21H18ClNO2/c1-15-12-18(22)10-11-20(15)23-21(24)17-8-5-9-19(13-17)25-14-16-6-3-2-4-7-16/h2-13H,14H2,1H3,(H,23,24). The molecule has 0 saturated heterocycles. The van der Waals surface area contributed by atoms with E-state index in [1.54, 1.807) is 24.3 Å². The lowest BCUT2D eigenvalue weighted by Gasteiger charge is -2.10. The first-order valence-electron chi connectivity index (χ1n) is 7.96. The number of halogens is 1. The van der Waals surface area contributed by atoms with Gasteiger partial charge in [-0.1, -0.05) is 48.0 Å². The van der Waals surface area contributed by atoms with Crippen LogP contribution < -0.4 is 10.1 Å². The minimum absolute atomic E-state index is 0.185. The fourth-order valence-corrected chi connectivity index (χ4v) is 2.66. The summed E-state index contributed by atoms with van der Waals surface area (Å²) in [5.74, 6) is 0.472. The summed E-state index contributed by atoms with van der Waals surface area (Å²) in [5, 5.41) is 3.55. The second kappa shape index (κ2) is 7.86. The fraction of sp³-hybridized carbons (Fsp3) is 0.0952. The van der Waals surface area contributed by atoms with Crippen LogP contribution in [0.15, 0.2) is 72.8 Å². The largest absolute Gasteiger partial charge is 0.489 e. The van der Waals surface area contributed by atoms with Crippen LogP contribution in [0.3, 0.4) is 0 Å². The van der Waals surface area contributed by atoms with Crippen LogP contribution in [-0.2, 0) is 6.61 Å². The highest BCUT2D eigenvalue weighted by molar-refractivity contribution is 6.30. The number of nitrogens with one attached hydrogen (secondary N) is 1. The van der Waals surface area contributed by atoms with Crippen LogP contribution in [0.4, 0.5) is 5.69 Å². The van der Waals surface area contributed by atoms with E-state index in [9.17, 15) is 4.79 Å². The summed E-state index contributed by atoms with van der Waals surface area (Å²) in [5.41, 5.74) is 3.27. The Morgan fingerprint density at radius 1 is 1.00 bits per heavy atom. The molecule has 0 aliphatic carbocycles. The van der Waals surface area contributed by atoms with E-state index in [1.807, 2.05) is 55.5 Å². The Kier molecular flexibility index (Phi) is 5.36. The summed E-state index contributed by atoms with van der Waals surface area (Å²) in [6.07, 6.45) is 0. The van der Waals surface area contributed by atoms with Crippen molar-refractivity contribution in [2.75, 3.05) is 5.32 Å². The number of rotatable bonds is 5. The maximum absolute atomic E-state index is 12.5. The molecule has 0 aromatic heterocycles. The lowest BCUT2D eigenvalue weighted by molar-refractivity contribution is 0.102. The van der Waals surface area contributed by atoms with Gasteiger partial charge in [0.15, 0.2) is 0 Å². The number of carbonyl (C=O) groups is 1. The van der Waals surface area contributed by atoms with Gasteiger partial charge in [0, 0.05) is 16.3 Å². The summed E-state index contributed by atoms with van der Waals surface area (Å²) in [7, 11) is 0. The molecule has 0 unspecified atom stereocenters. The van der Waals surface area contributed by atoms with E-state index >= 15 is 0 Å². The minimum atomic E-state index is -0.185. The first kappa shape index (κ1) is 17.1. The molecule has 3 aromatic carbocycles. The number of aryl methyl sites for hydroxylation is 1. The molecule has 4 heteroatoms. The number of ether oxygens (including phenoxy) is 1. The zero-order valence-electron chi connectivity index (χ0n) is 13.8. The summed E-state index contributed by atoms with van der Waals surface area (Å²) in [6, 6.07) is 22.4. The van der Waals surface area contributed by atoms with E-state index in [1.165, 1.54) is 0 Å². The van der Waals surface area contributed by atoms with Crippen molar-refractivity contribution in [3.63, 3.8) is 0 Å². The van der Waals surface area contributed by atoms with Crippen LogP contribution in [0.2, 0.25) is 5.02 Å². The average Bonchev–Trinajstić information content (AvgIpc) is 2.63. The molecule has 0 bridgehead atoms. The van der Waals surface area contributed by atoms with Gasteiger partial charge >= 0.3 is 0 Å². The maximum Gasteiger partial charge on any atom is 0.255 e. The second-order valence-corrected chi connectivity index (χ2v) is 6.15. The van der Waals surface area contributed by atoms with E-state index in [2.05, 4.69) is 5.32 Å². The van der Waals surface area contributed by atoms with Crippen molar-refractivity contribution in [2.24, 2.45) is 0 Å². The zero-order chi connectivity index (χ0) is 17.6. The van der Waals surface area contributed by atoms with Crippen LogP contribution in [0.25, 0.3) is 0 Å². The van der Waals surface area contributed by atoms with Crippen molar-refractivity contribution in [2.45, 2.75) is 13.5 Å². The highest BCUT2D eigenvalue weighted by atomic mass is 35.5. The molecule has 0 atom stereocenters. The molecule has 126 valence electrons. The number of anilines is 1. The number of benzene rings is 3. The number of hydrogen-bond donors (Lipinski definition) is 1. The molecule has 3 aromatic rings. The molecular formula is C21H18ClNO2. The van der Waals surface area contributed by atoms with Gasteiger partial charge in [-0.15, -0.1) is 0 Å². The van der Waals surface area contributed by atoms with Crippen LogP contribution in [0, 0.1) is 6.92 Å². The highest BCUT2D eigenvalue weighted by Gasteiger charge is 2.09. The van der Waals surface area contributed by atoms with Gasteiger partial charge in [0.1, 0.15) is 12.4 Å². The second-order valence-electron chi connectivity index (χ2n) is 5.72. The lowest BCUT2D eigenvalue weighted by Crippen LogP contribution is -2.12. The Morgan fingerprint density at radius 3 is 2.56 bits per heavy atom. The van der Waals surface area contributed by atoms with E-state index in [0.29, 0.717) is 22.9 Å². The molecule has 0 spiro atoms. The Morgan fingerprint density at radius 2 is 1.80 bits per heavy atom. The number of hydrogen-bond acceptors (Lipinski definition) is 2. The first-order valence-corrected chi connectivity index (χ1v) is 8.34. The third-order valence-corrected chi connectivity index (χ3v) is 4.02. The van der Waals surface area contributed by atoms with Crippen molar-refractivity contribution < 1.29 is 9.53 Å². The molecule has 25 heavy (non-hydrogen) atoms. The Balaban J connectivity index is 1.69. The third-order valence-electron chi connectivity index (χ3n) is 3.78. The number of carbonyl (C=O) groups excluding carboxylic acids is 1. The molecular weight excluding hydrogens is 334 g/mol. The monoisotopic (exact) mass is 351 g/mol. The lowest BCUT2D eigenvalue weighted by atomic mass is 10.1. The molecule has 1 N–H and O–H groups in total. The van der Waals surface area contributed by atoms with Gasteiger partial charge in [0.2, 0.25) is 0 Å². The van der Waals surface area contributed by atoms with Gasteiger partial charge in [0.05, 0.1) is 0 Å². The highest BCUT2D eigenvalue weighted by Crippen LogP contribution is 2.21. The molecule has 3 rings (SSSR count). The quantitative estimate of drug-likeness (QED) is 0.661. The van der Waals surface area contributed by atoms with Crippen molar-refractivity contribution in [1.29, 1.82) is 0 Å². The summed E-state index contributed by atoms with van der Waals surface area (Å²) in [6.45, 7) is 2.36. The normalized spacial score (nSPS) is 10.3.